The Kier molecular flexibility index (Phi) is 5.21. The molecule has 100 valence electrons. The predicted molar refractivity (Wildman–Crippen MR) is 76.3 cm³/mol. The van der Waals surface area contributed by atoms with Crippen LogP contribution in [0.2, 0.25) is 0 Å². The molecule has 2 unspecified atom stereocenters. The summed E-state index contributed by atoms with van der Waals surface area (Å²) in [6.45, 7) is 18.8. The summed E-state index contributed by atoms with van der Waals surface area (Å²) in [4.78, 5) is 2.59. The lowest BCUT2D eigenvalue weighted by Gasteiger charge is -2.46. The van der Waals surface area contributed by atoms with Crippen molar-refractivity contribution in [3.8, 4) is 0 Å². The van der Waals surface area contributed by atoms with Gasteiger partial charge in [-0.3, -0.25) is 4.90 Å². The van der Waals surface area contributed by atoms with Crippen molar-refractivity contribution in [3.05, 3.63) is 12.7 Å². The average molecular weight is 238 g/mol. The van der Waals surface area contributed by atoms with E-state index in [4.69, 9.17) is 0 Å². The summed E-state index contributed by atoms with van der Waals surface area (Å²) in [7, 11) is 0. The van der Waals surface area contributed by atoms with Gasteiger partial charge in [-0.1, -0.05) is 40.7 Å². The second kappa shape index (κ2) is 6.01. The van der Waals surface area contributed by atoms with Gasteiger partial charge in [-0.2, -0.15) is 0 Å². The van der Waals surface area contributed by atoms with Crippen LogP contribution >= 0.6 is 0 Å². The summed E-state index contributed by atoms with van der Waals surface area (Å²) in [5, 5.41) is 3.72. The fraction of sp³-hybridized carbons (Fsp3) is 0.867. The van der Waals surface area contributed by atoms with Gasteiger partial charge in [0.1, 0.15) is 0 Å². The summed E-state index contributed by atoms with van der Waals surface area (Å²) < 4.78 is 0. The molecule has 0 spiro atoms. The SMILES string of the molecule is C=CCN1CC(CC(C)C)NCC1C(C)(C)C. The van der Waals surface area contributed by atoms with Crippen molar-refractivity contribution < 1.29 is 0 Å². The van der Waals surface area contributed by atoms with Crippen LogP contribution in [0, 0.1) is 11.3 Å². The third kappa shape index (κ3) is 4.44. The highest BCUT2D eigenvalue weighted by molar-refractivity contribution is 4.94. The van der Waals surface area contributed by atoms with Gasteiger partial charge in [0.2, 0.25) is 0 Å². The van der Waals surface area contributed by atoms with Crippen molar-refractivity contribution in [2.45, 2.75) is 53.1 Å². The van der Waals surface area contributed by atoms with Crippen LogP contribution in [0.25, 0.3) is 0 Å². The molecule has 2 heteroatoms. The molecule has 2 nitrogen and oxygen atoms in total. The fourth-order valence-electron chi connectivity index (χ4n) is 2.83. The molecule has 17 heavy (non-hydrogen) atoms. The van der Waals surface area contributed by atoms with Gasteiger partial charge in [-0.25, -0.2) is 0 Å². The number of hydrogen-bond acceptors (Lipinski definition) is 2. The Bertz CT molecular complexity index is 240. The summed E-state index contributed by atoms with van der Waals surface area (Å²) in [5.41, 5.74) is 0.332. The van der Waals surface area contributed by atoms with Gasteiger partial charge in [0.15, 0.2) is 0 Å². The van der Waals surface area contributed by atoms with E-state index in [2.05, 4.69) is 51.4 Å². The zero-order valence-corrected chi connectivity index (χ0v) is 12.3. The monoisotopic (exact) mass is 238 g/mol. The summed E-state index contributed by atoms with van der Waals surface area (Å²) in [6, 6.07) is 1.26. The van der Waals surface area contributed by atoms with Crippen molar-refractivity contribution in [1.82, 2.24) is 10.2 Å². The highest BCUT2D eigenvalue weighted by Crippen LogP contribution is 2.27. The van der Waals surface area contributed by atoms with Crippen molar-refractivity contribution in [2.75, 3.05) is 19.6 Å². The van der Waals surface area contributed by atoms with E-state index < -0.39 is 0 Å². The average Bonchev–Trinajstić information content (AvgIpc) is 2.15. The van der Waals surface area contributed by atoms with Crippen LogP contribution < -0.4 is 5.32 Å². The molecule has 1 rings (SSSR count). The molecule has 1 aliphatic rings. The van der Waals surface area contributed by atoms with E-state index >= 15 is 0 Å². The first-order valence-electron chi connectivity index (χ1n) is 6.93. The number of rotatable bonds is 4. The molecule has 1 heterocycles. The molecule has 0 radical (unpaired) electrons. The zero-order chi connectivity index (χ0) is 13.1. The molecule has 1 aliphatic heterocycles. The molecule has 1 N–H and O–H groups in total. The van der Waals surface area contributed by atoms with E-state index in [9.17, 15) is 0 Å². The first-order chi connectivity index (χ1) is 7.84. The maximum absolute atomic E-state index is 3.90. The lowest BCUT2D eigenvalue weighted by Crippen LogP contribution is -2.60. The Morgan fingerprint density at radius 1 is 1.41 bits per heavy atom. The van der Waals surface area contributed by atoms with E-state index in [1.807, 2.05) is 6.08 Å². The lowest BCUT2D eigenvalue weighted by atomic mass is 9.83. The fourth-order valence-corrected chi connectivity index (χ4v) is 2.83. The van der Waals surface area contributed by atoms with Crippen LogP contribution in [0.1, 0.15) is 41.0 Å². The first kappa shape index (κ1) is 14.7. The van der Waals surface area contributed by atoms with Crippen LogP contribution in [0.3, 0.4) is 0 Å². The largest absolute Gasteiger partial charge is 0.311 e. The smallest absolute Gasteiger partial charge is 0.0273 e. The molecule has 0 amide bonds. The predicted octanol–water partition coefficient (Wildman–Crippen LogP) is 2.91. The number of piperazine rings is 1. The van der Waals surface area contributed by atoms with E-state index in [1.54, 1.807) is 0 Å². The van der Waals surface area contributed by atoms with Crippen LogP contribution in [0.15, 0.2) is 12.7 Å². The van der Waals surface area contributed by atoms with Gasteiger partial charge in [-0.15, -0.1) is 6.58 Å². The summed E-state index contributed by atoms with van der Waals surface area (Å²) >= 11 is 0. The van der Waals surface area contributed by atoms with E-state index in [1.165, 1.54) is 6.42 Å². The van der Waals surface area contributed by atoms with Gasteiger partial charge in [0, 0.05) is 31.7 Å². The summed E-state index contributed by atoms with van der Waals surface area (Å²) in [6.07, 6.45) is 3.31. The highest BCUT2D eigenvalue weighted by atomic mass is 15.2. The van der Waals surface area contributed by atoms with Crippen LogP contribution in [0.5, 0.6) is 0 Å². The maximum atomic E-state index is 3.90. The third-order valence-corrected chi connectivity index (χ3v) is 3.61. The molecule has 1 saturated heterocycles. The normalized spacial score (nSPS) is 27.4. The molecule has 0 aromatic rings. The topological polar surface area (TPSA) is 15.3 Å². The third-order valence-electron chi connectivity index (χ3n) is 3.61. The van der Waals surface area contributed by atoms with Crippen LogP contribution in [-0.4, -0.2) is 36.6 Å². The van der Waals surface area contributed by atoms with Crippen LogP contribution in [0.4, 0.5) is 0 Å². The van der Waals surface area contributed by atoms with Gasteiger partial charge >= 0.3 is 0 Å². The van der Waals surface area contributed by atoms with E-state index in [0.29, 0.717) is 17.5 Å². The van der Waals surface area contributed by atoms with Crippen molar-refractivity contribution in [2.24, 2.45) is 11.3 Å². The van der Waals surface area contributed by atoms with Gasteiger partial charge in [0.05, 0.1) is 0 Å². The molecule has 0 aromatic heterocycles. The Morgan fingerprint density at radius 3 is 2.53 bits per heavy atom. The Morgan fingerprint density at radius 2 is 2.06 bits per heavy atom. The molecule has 0 bridgehead atoms. The van der Waals surface area contributed by atoms with Gasteiger partial charge in [-0.05, 0) is 17.8 Å². The van der Waals surface area contributed by atoms with Crippen molar-refractivity contribution in [3.63, 3.8) is 0 Å². The quantitative estimate of drug-likeness (QED) is 0.758. The number of hydrogen-bond donors (Lipinski definition) is 1. The molecule has 1 fully saturated rings. The summed E-state index contributed by atoms with van der Waals surface area (Å²) in [5.74, 6) is 0.768. The van der Waals surface area contributed by atoms with Gasteiger partial charge in [0.25, 0.3) is 0 Å². The minimum absolute atomic E-state index is 0.332. The lowest BCUT2D eigenvalue weighted by molar-refractivity contribution is 0.0615. The van der Waals surface area contributed by atoms with Crippen LogP contribution in [-0.2, 0) is 0 Å². The molecule has 0 aromatic carbocycles. The minimum atomic E-state index is 0.332. The molecule has 0 aliphatic carbocycles. The number of nitrogens with one attached hydrogen (secondary N) is 1. The second-order valence-corrected chi connectivity index (χ2v) is 6.86. The Hall–Kier alpha value is -0.340. The Labute approximate surface area is 107 Å². The first-order valence-corrected chi connectivity index (χ1v) is 6.93. The standard InChI is InChI=1S/C15H30N2/c1-7-8-17-11-13(9-12(2)3)16-10-14(17)15(4,5)6/h7,12-14,16H,1,8-11H2,2-6H3. The minimum Gasteiger partial charge on any atom is -0.311 e. The van der Waals surface area contributed by atoms with E-state index in [-0.39, 0.29) is 0 Å². The van der Waals surface area contributed by atoms with Crippen molar-refractivity contribution >= 4 is 0 Å². The Balaban J connectivity index is 2.64. The molecular weight excluding hydrogens is 208 g/mol. The van der Waals surface area contributed by atoms with Gasteiger partial charge < -0.3 is 5.32 Å². The second-order valence-electron chi connectivity index (χ2n) is 6.86. The molecule has 0 saturated carbocycles. The zero-order valence-electron chi connectivity index (χ0n) is 12.3. The molecule has 2 atom stereocenters. The molecular formula is C15H30N2. The number of nitrogens with zero attached hydrogens (tertiary/aromatic N) is 1. The van der Waals surface area contributed by atoms with E-state index in [0.717, 1.165) is 25.6 Å². The highest BCUT2D eigenvalue weighted by Gasteiger charge is 2.34. The van der Waals surface area contributed by atoms with Crippen molar-refractivity contribution in [1.29, 1.82) is 0 Å². The maximum Gasteiger partial charge on any atom is 0.0273 e.